The minimum absolute atomic E-state index is 0.460. The lowest BCUT2D eigenvalue weighted by Crippen LogP contribution is -2.18. The number of nitrogens with two attached hydrogens (primary N) is 1. The number of hydrogen-bond donors (Lipinski definition) is 1. The molecule has 0 fully saturated rings. The van der Waals surface area contributed by atoms with Gasteiger partial charge in [0.15, 0.2) is 0 Å². The van der Waals surface area contributed by atoms with Crippen LogP contribution in [0, 0.1) is 5.92 Å². The number of unbranched alkanes of at least 4 members (excludes halogenated alkanes) is 1. The van der Waals surface area contributed by atoms with E-state index in [1.54, 1.807) is 0 Å². The third-order valence-corrected chi connectivity index (χ3v) is 2.27. The van der Waals surface area contributed by atoms with Crippen molar-refractivity contribution in [2.75, 3.05) is 0 Å². The van der Waals surface area contributed by atoms with Gasteiger partial charge in [0.2, 0.25) is 0 Å². The van der Waals surface area contributed by atoms with Crippen LogP contribution in [0.4, 0.5) is 0 Å². The summed E-state index contributed by atoms with van der Waals surface area (Å²) in [6.07, 6.45) is 7.68. The van der Waals surface area contributed by atoms with Crippen LogP contribution in [-0.4, -0.2) is 6.04 Å². The van der Waals surface area contributed by atoms with Crippen molar-refractivity contribution >= 4 is 0 Å². The second kappa shape index (κ2) is 7.60. The van der Waals surface area contributed by atoms with Crippen LogP contribution in [0.15, 0.2) is 0 Å². The summed E-state index contributed by atoms with van der Waals surface area (Å²) in [5.41, 5.74) is 5.90. The van der Waals surface area contributed by atoms with Crippen molar-refractivity contribution in [3.05, 3.63) is 0 Å². The first-order valence-corrected chi connectivity index (χ1v) is 5.42. The molecule has 0 aliphatic carbocycles. The van der Waals surface area contributed by atoms with Crippen LogP contribution in [0.2, 0.25) is 0 Å². The van der Waals surface area contributed by atoms with E-state index in [1.807, 2.05) is 0 Å². The van der Waals surface area contributed by atoms with Crippen LogP contribution in [0.5, 0.6) is 0 Å². The molecule has 0 aromatic carbocycles. The summed E-state index contributed by atoms with van der Waals surface area (Å²) in [6.45, 7) is 6.77. The Morgan fingerprint density at radius 2 is 1.58 bits per heavy atom. The van der Waals surface area contributed by atoms with Crippen molar-refractivity contribution in [1.29, 1.82) is 0 Å². The number of hydrogen-bond acceptors (Lipinski definition) is 1. The van der Waals surface area contributed by atoms with Crippen molar-refractivity contribution in [3.63, 3.8) is 0 Å². The molecule has 12 heavy (non-hydrogen) atoms. The summed E-state index contributed by atoms with van der Waals surface area (Å²) in [5.74, 6) is 0.854. The van der Waals surface area contributed by atoms with Gasteiger partial charge in [0, 0.05) is 6.04 Å². The molecular formula is C11H25N. The van der Waals surface area contributed by atoms with Gasteiger partial charge in [0.1, 0.15) is 0 Å². The smallest absolute Gasteiger partial charge is 0.00387 e. The Balaban J connectivity index is 3.08. The van der Waals surface area contributed by atoms with Gasteiger partial charge >= 0.3 is 0 Å². The van der Waals surface area contributed by atoms with Gasteiger partial charge in [-0.3, -0.25) is 0 Å². The molecule has 0 aliphatic rings. The Bertz CT molecular complexity index is 89.0. The Labute approximate surface area is 77.7 Å². The van der Waals surface area contributed by atoms with Gasteiger partial charge < -0.3 is 5.73 Å². The Morgan fingerprint density at radius 1 is 1.00 bits per heavy atom. The fourth-order valence-corrected chi connectivity index (χ4v) is 1.47. The molecule has 0 rings (SSSR count). The average Bonchev–Trinajstić information content (AvgIpc) is 1.98. The SMILES string of the molecule is CCCC(N)CCCCC(C)C. The van der Waals surface area contributed by atoms with E-state index in [4.69, 9.17) is 5.73 Å². The lowest BCUT2D eigenvalue weighted by Gasteiger charge is -2.10. The fourth-order valence-electron chi connectivity index (χ4n) is 1.47. The lowest BCUT2D eigenvalue weighted by atomic mass is 10.0. The van der Waals surface area contributed by atoms with Gasteiger partial charge in [0.25, 0.3) is 0 Å². The quantitative estimate of drug-likeness (QED) is 0.584. The highest BCUT2D eigenvalue weighted by Gasteiger charge is 2.00. The summed E-state index contributed by atoms with van der Waals surface area (Å²) in [7, 11) is 0. The zero-order valence-electron chi connectivity index (χ0n) is 8.97. The van der Waals surface area contributed by atoms with Crippen molar-refractivity contribution in [2.45, 2.75) is 65.3 Å². The molecule has 0 bridgehead atoms. The molecule has 0 heterocycles. The van der Waals surface area contributed by atoms with Crippen LogP contribution < -0.4 is 5.73 Å². The van der Waals surface area contributed by atoms with Gasteiger partial charge in [-0.15, -0.1) is 0 Å². The Morgan fingerprint density at radius 3 is 2.08 bits per heavy atom. The van der Waals surface area contributed by atoms with E-state index in [9.17, 15) is 0 Å². The van der Waals surface area contributed by atoms with Crippen LogP contribution in [0.1, 0.15) is 59.3 Å². The van der Waals surface area contributed by atoms with E-state index in [0.29, 0.717) is 6.04 Å². The molecule has 0 aromatic rings. The Hall–Kier alpha value is -0.0400. The normalized spacial score (nSPS) is 13.8. The molecule has 0 saturated carbocycles. The summed E-state index contributed by atoms with van der Waals surface area (Å²) in [4.78, 5) is 0. The highest BCUT2D eigenvalue weighted by atomic mass is 14.6. The van der Waals surface area contributed by atoms with Gasteiger partial charge in [-0.2, -0.15) is 0 Å². The molecule has 74 valence electrons. The van der Waals surface area contributed by atoms with Gasteiger partial charge in [0.05, 0.1) is 0 Å². The average molecular weight is 171 g/mol. The summed E-state index contributed by atoms with van der Waals surface area (Å²) >= 11 is 0. The largest absolute Gasteiger partial charge is 0.328 e. The standard InChI is InChI=1S/C11H25N/c1-4-7-11(12)9-6-5-8-10(2)3/h10-11H,4-9,12H2,1-3H3. The molecule has 1 unspecified atom stereocenters. The van der Waals surface area contributed by atoms with E-state index in [2.05, 4.69) is 20.8 Å². The van der Waals surface area contributed by atoms with E-state index in [-0.39, 0.29) is 0 Å². The predicted octanol–water partition coefficient (Wildman–Crippen LogP) is 3.33. The maximum absolute atomic E-state index is 5.90. The summed E-state index contributed by atoms with van der Waals surface area (Å²) < 4.78 is 0. The molecule has 0 aromatic heterocycles. The van der Waals surface area contributed by atoms with E-state index in [1.165, 1.54) is 38.5 Å². The van der Waals surface area contributed by atoms with Crippen molar-refractivity contribution < 1.29 is 0 Å². The molecule has 1 atom stereocenters. The highest BCUT2D eigenvalue weighted by molar-refractivity contribution is 4.60. The summed E-state index contributed by atoms with van der Waals surface area (Å²) in [5, 5.41) is 0. The molecular weight excluding hydrogens is 146 g/mol. The predicted molar refractivity (Wildman–Crippen MR) is 56.2 cm³/mol. The third kappa shape index (κ3) is 8.06. The minimum Gasteiger partial charge on any atom is -0.328 e. The van der Waals surface area contributed by atoms with Crippen LogP contribution in [0.25, 0.3) is 0 Å². The molecule has 1 heteroatoms. The second-order valence-corrected chi connectivity index (χ2v) is 4.23. The van der Waals surface area contributed by atoms with Crippen molar-refractivity contribution in [3.8, 4) is 0 Å². The first-order valence-electron chi connectivity index (χ1n) is 5.42. The van der Waals surface area contributed by atoms with Crippen LogP contribution >= 0.6 is 0 Å². The van der Waals surface area contributed by atoms with Gasteiger partial charge in [-0.1, -0.05) is 46.5 Å². The minimum atomic E-state index is 0.460. The first-order chi connectivity index (χ1) is 5.66. The zero-order valence-corrected chi connectivity index (χ0v) is 8.97. The molecule has 2 N–H and O–H groups in total. The van der Waals surface area contributed by atoms with E-state index < -0.39 is 0 Å². The van der Waals surface area contributed by atoms with E-state index in [0.717, 1.165) is 5.92 Å². The molecule has 0 saturated heterocycles. The van der Waals surface area contributed by atoms with Crippen LogP contribution in [-0.2, 0) is 0 Å². The Kier molecular flexibility index (Phi) is 7.58. The molecule has 0 radical (unpaired) electrons. The maximum atomic E-state index is 5.90. The number of rotatable bonds is 7. The van der Waals surface area contributed by atoms with E-state index >= 15 is 0 Å². The maximum Gasteiger partial charge on any atom is 0.00387 e. The lowest BCUT2D eigenvalue weighted by molar-refractivity contribution is 0.483. The molecule has 0 spiro atoms. The molecule has 0 aliphatic heterocycles. The molecule has 0 amide bonds. The van der Waals surface area contributed by atoms with Gasteiger partial charge in [-0.05, 0) is 18.8 Å². The monoisotopic (exact) mass is 171 g/mol. The first kappa shape index (κ1) is 12.0. The second-order valence-electron chi connectivity index (χ2n) is 4.23. The topological polar surface area (TPSA) is 26.0 Å². The highest BCUT2D eigenvalue weighted by Crippen LogP contribution is 2.10. The van der Waals surface area contributed by atoms with Crippen molar-refractivity contribution in [1.82, 2.24) is 0 Å². The zero-order chi connectivity index (χ0) is 9.40. The van der Waals surface area contributed by atoms with Crippen molar-refractivity contribution in [2.24, 2.45) is 11.7 Å². The fraction of sp³-hybridized carbons (Fsp3) is 1.00. The molecule has 1 nitrogen and oxygen atoms in total. The summed E-state index contributed by atoms with van der Waals surface area (Å²) in [6, 6.07) is 0.460. The van der Waals surface area contributed by atoms with Gasteiger partial charge in [-0.25, -0.2) is 0 Å². The van der Waals surface area contributed by atoms with Crippen LogP contribution in [0.3, 0.4) is 0 Å². The third-order valence-electron chi connectivity index (χ3n) is 2.27.